The SMILES string of the molecule is CC(c1ccc(S(C)(=O)=O)cc1)N(C)C(=O)/C=C/c1ccc(Cl)cc1. The van der Waals surface area contributed by atoms with Crippen LogP contribution in [0.15, 0.2) is 59.5 Å². The number of carbonyl (C=O) groups excluding carboxylic acids is 1. The Morgan fingerprint density at radius 3 is 2.16 bits per heavy atom. The Morgan fingerprint density at radius 1 is 1.08 bits per heavy atom. The Balaban J connectivity index is 2.09. The van der Waals surface area contributed by atoms with Crippen LogP contribution in [-0.4, -0.2) is 32.5 Å². The van der Waals surface area contributed by atoms with Gasteiger partial charge in [0.2, 0.25) is 5.91 Å². The molecule has 0 aliphatic heterocycles. The summed E-state index contributed by atoms with van der Waals surface area (Å²) in [4.78, 5) is 14.2. The third-order valence-corrected chi connectivity index (χ3v) is 5.39. The molecule has 0 fully saturated rings. The number of amides is 1. The maximum atomic E-state index is 12.3. The molecular weight excluding hydrogens is 358 g/mol. The number of sulfone groups is 1. The number of carbonyl (C=O) groups is 1. The van der Waals surface area contributed by atoms with Crippen molar-refractivity contribution in [1.29, 1.82) is 0 Å². The lowest BCUT2D eigenvalue weighted by Crippen LogP contribution is -2.28. The van der Waals surface area contributed by atoms with E-state index in [1.165, 1.54) is 12.3 Å². The zero-order valence-corrected chi connectivity index (χ0v) is 15.9. The minimum atomic E-state index is -3.23. The first-order valence-corrected chi connectivity index (χ1v) is 9.96. The van der Waals surface area contributed by atoms with Crippen LogP contribution in [0.3, 0.4) is 0 Å². The molecule has 1 atom stereocenters. The van der Waals surface area contributed by atoms with E-state index in [2.05, 4.69) is 0 Å². The minimum Gasteiger partial charge on any atom is -0.335 e. The molecule has 2 aromatic rings. The van der Waals surface area contributed by atoms with Crippen LogP contribution in [0, 0.1) is 0 Å². The summed E-state index contributed by atoms with van der Waals surface area (Å²) in [5, 5.41) is 0.645. The van der Waals surface area contributed by atoms with E-state index in [-0.39, 0.29) is 16.8 Å². The fourth-order valence-corrected chi connectivity index (χ4v) is 3.02. The summed E-state index contributed by atoms with van der Waals surface area (Å²) >= 11 is 5.84. The molecule has 0 saturated carbocycles. The number of hydrogen-bond donors (Lipinski definition) is 0. The highest BCUT2D eigenvalue weighted by molar-refractivity contribution is 7.90. The zero-order chi connectivity index (χ0) is 18.6. The molecule has 25 heavy (non-hydrogen) atoms. The summed E-state index contributed by atoms with van der Waals surface area (Å²) in [5.74, 6) is -0.144. The monoisotopic (exact) mass is 377 g/mol. The Labute approximate surface area is 153 Å². The fraction of sp³-hybridized carbons (Fsp3) is 0.211. The van der Waals surface area contributed by atoms with Gasteiger partial charge in [-0.15, -0.1) is 0 Å². The van der Waals surface area contributed by atoms with Crippen molar-refractivity contribution in [3.05, 3.63) is 70.8 Å². The van der Waals surface area contributed by atoms with Crippen molar-refractivity contribution in [1.82, 2.24) is 4.90 Å². The van der Waals surface area contributed by atoms with Gasteiger partial charge in [-0.05, 0) is 48.4 Å². The van der Waals surface area contributed by atoms with Crippen LogP contribution in [0.25, 0.3) is 6.08 Å². The smallest absolute Gasteiger partial charge is 0.246 e. The number of likely N-dealkylation sites (N-methyl/N-ethyl adjacent to an activating group) is 1. The van der Waals surface area contributed by atoms with Gasteiger partial charge in [0.25, 0.3) is 0 Å². The molecular formula is C19H20ClNO3S. The molecule has 0 saturated heterocycles. The van der Waals surface area contributed by atoms with E-state index in [9.17, 15) is 13.2 Å². The van der Waals surface area contributed by atoms with Crippen molar-refractivity contribution >= 4 is 33.4 Å². The van der Waals surface area contributed by atoms with Crippen molar-refractivity contribution in [3.63, 3.8) is 0 Å². The summed E-state index contributed by atoms with van der Waals surface area (Å²) in [5.41, 5.74) is 1.75. The predicted octanol–water partition coefficient (Wildman–Crippen LogP) is 3.98. The van der Waals surface area contributed by atoms with E-state index in [0.717, 1.165) is 11.1 Å². The second kappa shape index (κ2) is 7.85. The highest BCUT2D eigenvalue weighted by Crippen LogP contribution is 2.21. The van der Waals surface area contributed by atoms with Gasteiger partial charge in [0.15, 0.2) is 9.84 Å². The third kappa shape index (κ3) is 5.18. The van der Waals surface area contributed by atoms with Crippen LogP contribution in [0.2, 0.25) is 5.02 Å². The molecule has 0 spiro atoms. The van der Waals surface area contributed by atoms with Crippen LogP contribution in [-0.2, 0) is 14.6 Å². The molecule has 132 valence electrons. The first-order chi connectivity index (χ1) is 11.7. The molecule has 2 aromatic carbocycles. The van der Waals surface area contributed by atoms with Crippen LogP contribution >= 0.6 is 11.6 Å². The van der Waals surface area contributed by atoms with Crippen molar-refractivity contribution in [2.24, 2.45) is 0 Å². The Bertz CT molecular complexity index is 872. The van der Waals surface area contributed by atoms with Gasteiger partial charge in [0, 0.05) is 24.4 Å². The summed E-state index contributed by atoms with van der Waals surface area (Å²) in [7, 11) is -1.51. The van der Waals surface area contributed by atoms with Crippen LogP contribution in [0.5, 0.6) is 0 Å². The summed E-state index contributed by atoms with van der Waals surface area (Å²) in [6.07, 6.45) is 4.40. The van der Waals surface area contributed by atoms with E-state index in [1.807, 2.05) is 19.1 Å². The molecule has 1 unspecified atom stereocenters. The van der Waals surface area contributed by atoms with Crippen LogP contribution in [0.4, 0.5) is 0 Å². The van der Waals surface area contributed by atoms with Crippen LogP contribution < -0.4 is 0 Å². The summed E-state index contributed by atoms with van der Waals surface area (Å²) in [6.45, 7) is 1.89. The second-order valence-corrected chi connectivity index (χ2v) is 8.30. The standard InChI is InChI=1S/C19H20ClNO3S/c1-14(16-7-11-18(12-8-16)25(3,23)24)21(2)19(22)13-6-15-4-9-17(20)10-5-15/h4-14H,1-3H3/b13-6+. The number of nitrogens with zero attached hydrogens (tertiary/aromatic N) is 1. The van der Waals surface area contributed by atoms with Gasteiger partial charge in [0.1, 0.15) is 0 Å². The van der Waals surface area contributed by atoms with Crippen molar-refractivity contribution in [2.75, 3.05) is 13.3 Å². The highest BCUT2D eigenvalue weighted by atomic mass is 35.5. The zero-order valence-electron chi connectivity index (χ0n) is 14.3. The first-order valence-electron chi connectivity index (χ1n) is 7.69. The van der Waals surface area contributed by atoms with E-state index >= 15 is 0 Å². The predicted molar refractivity (Wildman–Crippen MR) is 101 cm³/mol. The molecule has 1 amide bonds. The lowest BCUT2D eigenvalue weighted by molar-refractivity contribution is -0.126. The van der Waals surface area contributed by atoms with Gasteiger partial charge >= 0.3 is 0 Å². The van der Waals surface area contributed by atoms with Crippen molar-refractivity contribution in [2.45, 2.75) is 17.9 Å². The number of hydrogen-bond acceptors (Lipinski definition) is 3. The average molecular weight is 378 g/mol. The largest absolute Gasteiger partial charge is 0.335 e. The normalized spacial score (nSPS) is 13.0. The topological polar surface area (TPSA) is 54.5 Å². The van der Waals surface area contributed by atoms with E-state index in [1.54, 1.807) is 54.4 Å². The number of benzene rings is 2. The lowest BCUT2D eigenvalue weighted by Gasteiger charge is -2.24. The summed E-state index contributed by atoms with van der Waals surface area (Å²) < 4.78 is 23.0. The van der Waals surface area contributed by atoms with Gasteiger partial charge in [-0.2, -0.15) is 0 Å². The van der Waals surface area contributed by atoms with Gasteiger partial charge in [-0.1, -0.05) is 35.9 Å². The second-order valence-electron chi connectivity index (χ2n) is 5.85. The highest BCUT2D eigenvalue weighted by Gasteiger charge is 2.16. The molecule has 0 aliphatic carbocycles. The van der Waals surface area contributed by atoms with Crippen molar-refractivity contribution < 1.29 is 13.2 Å². The summed E-state index contributed by atoms with van der Waals surface area (Å²) in [6, 6.07) is 13.6. The molecule has 0 N–H and O–H groups in total. The molecule has 4 nitrogen and oxygen atoms in total. The molecule has 0 radical (unpaired) electrons. The van der Waals surface area contributed by atoms with Gasteiger partial charge < -0.3 is 4.90 Å². The maximum Gasteiger partial charge on any atom is 0.246 e. The fourth-order valence-electron chi connectivity index (χ4n) is 2.27. The van der Waals surface area contributed by atoms with Gasteiger partial charge in [-0.3, -0.25) is 4.79 Å². The quantitative estimate of drug-likeness (QED) is 0.740. The Hall–Kier alpha value is -2.11. The van der Waals surface area contributed by atoms with Crippen LogP contribution in [0.1, 0.15) is 24.1 Å². The number of rotatable bonds is 5. The number of halogens is 1. The van der Waals surface area contributed by atoms with Gasteiger partial charge in [0.05, 0.1) is 10.9 Å². The molecule has 2 rings (SSSR count). The van der Waals surface area contributed by atoms with Gasteiger partial charge in [-0.25, -0.2) is 8.42 Å². The first kappa shape index (κ1) is 19.2. The molecule has 0 bridgehead atoms. The van der Waals surface area contributed by atoms with E-state index in [0.29, 0.717) is 5.02 Å². The third-order valence-electron chi connectivity index (χ3n) is 4.01. The Morgan fingerprint density at radius 2 is 1.64 bits per heavy atom. The molecule has 6 heteroatoms. The minimum absolute atomic E-state index is 0.144. The molecule has 0 aliphatic rings. The van der Waals surface area contributed by atoms with Crippen molar-refractivity contribution in [3.8, 4) is 0 Å². The molecule has 0 heterocycles. The average Bonchev–Trinajstić information content (AvgIpc) is 2.59. The maximum absolute atomic E-state index is 12.3. The lowest BCUT2D eigenvalue weighted by atomic mass is 10.1. The molecule has 0 aromatic heterocycles. The Kier molecular flexibility index (Phi) is 6.03. The van der Waals surface area contributed by atoms with E-state index in [4.69, 9.17) is 11.6 Å². The van der Waals surface area contributed by atoms with E-state index < -0.39 is 9.84 Å².